The smallest absolute Gasteiger partial charge is 0.317 e. The van der Waals surface area contributed by atoms with Crippen LogP contribution in [0.3, 0.4) is 0 Å². The van der Waals surface area contributed by atoms with Crippen LogP contribution >= 0.6 is 11.8 Å². The molecule has 6 nitrogen and oxygen atoms in total. The van der Waals surface area contributed by atoms with Gasteiger partial charge in [-0.1, -0.05) is 25.3 Å². The van der Waals surface area contributed by atoms with Gasteiger partial charge in [-0.05, 0) is 43.9 Å². The summed E-state index contributed by atoms with van der Waals surface area (Å²) in [7, 11) is 1.62. The number of methoxy groups -OCH3 is 1. The predicted molar refractivity (Wildman–Crippen MR) is 115 cm³/mol. The summed E-state index contributed by atoms with van der Waals surface area (Å²) in [4.78, 5) is 29.7. The average molecular weight is 418 g/mol. The molecule has 3 amide bonds. The molecule has 0 unspecified atom stereocenters. The summed E-state index contributed by atoms with van der Waals surface area (Å²) in [6, 6.07) is 7.79. The summed E-state index contributed by atoms with van der Waals surface area (Å²) in [6.07, 6.45) is 7.56. The lowest BCUT2D eigenvalue weighted by Crippen LogP contribution is -2.56. The highest BCUT2D eigenvalue weighted by atomic mass is 32.2. The first-order chi connectivity index (χ1) is 14.1. The minimum atomic E-state index is -0.193. The van der Waals surface area contributed by atoms with Gasteiger partial charge in [0.15, 0.2) is 0 Å². The molecule has 0 aromatic heterocycles. The van der Waals surface area contributed by atoms with E-state index in [0.29, 0.717) is 30.4 Å². The van der Waals surface area contributed by atoms with E-state index in [0.717, 1.165) is 38.0 Å². The molecule has 1 N–H and O–H groups in total. The number of ether oxygens (including phenoxy) is 1. The number of hydrogen-bond donors (Lipinski definition) is 1. The molecule has 1 aromatic carbocycles. The lowest BCUT2D eigenvalue weighted by atomic mass is 9.95. The molecule has 0 atom stereocenters. The molecule has 2 heterocycles. The number of carbonyl (C=O) groups excluding carboxylic acids is 2. The molecule has 7 heteroatoms. The van der Waals surface area contributed by atoms with E-state index >= 15 is 0 Å². The van der Waals surface area contributed by atoms with Gasteiger partial charge >= 0.3 is 6.03 Å². The molecule has 3 aliphatic rings. The fourth-order valence-corrected chi connectivity index (χ4v) is 6.25. The maximum absolute atomic E-state index is 13.2. The van der Waals surface area contributed by atoms with E-state index in [1.807, 2.05) is 45.8 Å². The van der Waals surface area contributed by atoms with E-state index < -0.39 is 0 Å². The molecular formula is C22H31N3O3S. The van der Waals surface area contributed by atoms with Crippen molar-refractivity contribution in [1.82, 2.24) is 15.1 Å². The van der Waals surface area contributed by atoms with Crippen molar-refractivity contribution >= 4 is 23.7 Å². The molecular weight excluding hydrogens is 386 g/mol. The van der Waals surface area contributed by atoms with Crippen molar-refractivity contribution < 1.29 is 14.3 Å². The summed E-state index contributed by atoms with van der Waals surface area (Å²) in [5.74, 6) is 1.71. The van der Waals surface area contributed by atoms with E-state index in [9.17, 15) is 9.59 Å². The molecule has 29 heavy (non-hydrogen) atoms. The van der Waals surface area contributed by atoms with Gasteiger partial charge in [0.1, 0.15) is 5.75 Å². The Morgan fingerprint density at radius 1 is 1.14 bits per heavy atom. The van der Waals surface area contributed by atoms with Gasteiger partial charge in [0, 0.05) is 37.0 Å². The Labute approximate surface area is 177 Å². The van der Waals surface area contributed by atoms with Gasteiger partial charge in [0.25, 0.3) is 5.91 Å². The quantitative estimate of drug-likeness (QED) is 0.814. The topological polar surface area (TPSA) is 61.9 Å². The molecule has 2 aliphatic heterocycles. The van der Waals surface area contributed by atoms with Crippen LogP contribution in [0.4, 0.5) is 4.79 Å². The fourth-order valence-electron chi connectivity index (χ4n) is 4.79. The summed E-state index contributed by atoms with van der Waals surface area (Å²) in [5.41, 5.74) is 0.670. The second-order valence-corrected chi connectivity index (χ2v) is 9.71. The average Bonchev–Trinajstić information content (AvgIpc) is 3.17. The van der Waals surface area contributed by atoms with Crippen LogP contribution in [0.15, 0.2) is 24.3 Å². The van der Waals surface area contributed by atoms with E-state index in [4.69, 9.17) is 4.74 Å². The monoisotopic (exact) mass is 417 g/mol. The Morgan fingerprint density at radius 2 is 1.90 bits per heavy atom. The Bertz CT molecular complexity index is 743. The van der Waals surface area contributed by atoms with Gasteiger partial charge in [-0.15, -0.1) is 11.8 Å². The zero-order valence-electron chi connectivity index (χ0n) is 17.2. The first-order valence-electron chi connectivity index (χ1n) is 10.8. The fraction of sp³-hybridized carbons (Fsp3) is 0.636. The molecule has 158 valence electrons. The first kappa shape index (κ1) is 20.4. The Balaban J connectivity index is 1.38. The van der Waals surface area contributed by atoms with Crippen molar-refractivity contribution in [2.45, 2.75) is 55.9 Å². The van der Waals surface area contributed by atoms with E-state index in [1.165, 1.54) is 19.3 Å². The normalized spacial score (nSPS) is 22.0. The van der Waals surface area contributed by atoms with Crippen molar-refractivity contribution in [1.29, 1.82) is 0 Å². The van der Waals surface area contributed by atoms with Crippen LogP contribution in [0, 0.1) is 0 Å². The SMILES string of the molecule is COc1cccc(C(=O)N2CCSC23CCN(C(=O)NC2CCCCC2)CC3)c1. The lowest BCUT2D eigenvalue weighted by molar-refractivity contribution is 0.0579. The van der Waals surface area contributed by atoms with Gasteiger partial charge < -0.3 is 19.9 Å². The number of nitrogens with zero attached hydrogens (tertiary/aromatic N) is 2. The molecule has 1 saturated carbocycles. The van der Waals surface area contributed by atoms with Crippen LogP contribution in [0.5, 0.6) is 5.75 Å². The number of nitrogens with one attached hydrogen (secondary N) is 1. The lowest BCUT2D eigenvalue weighted by Gasteiger charge is -2.44. The minimum absolute atomic E-state index is 0.0639. The Hall–Kier alpha value is -1.89. The standard InChI is InChI=1S/C22H31N3O3S/c1-28-19-9-5-6-17(16-19)20(26)25-14-15-29-22(25)10-12-24(13-11-22)21(27)23-18-7-3-2-4-8-18/h5-6,9,16,18H,2-4,7-8,10-15H2,1H3,(H,23,27). The maximum Gasteiger partial charge on any atom is 0.317 e. The van der Waals surface area contributed by atoms with E-state index in [1.54, 1.807) is 7.11 Å². The van der Waals surface area contributed by atoms with Gasteiger partial charge in [-0.3, -0.25) is 4.79 Å². The van der Waals surface area contributed by atoms with Crippen LogP contribution in [0.2, 0.25) is 0 Å². The van der Waals surface area contributed by atoms with E-state index in [-0.39, 0.29) is 16.8 Å². The minimum Gasteiger partial charge on any atom is -0.497 e. The summed E-state index contributed by atoms with van der Waals surface area (Å²) >= 11 is 1.87. The number of benzene rings is 1. The largest absolute Gasteiger partial charge is 0.497 e. The molecule has 1 aliphatic carbocycles. The van der Waals surface area contributed by atoms with E-state index in [2.05, 4.69) is 5.32 Å². The number of hydrogen-bond acceptors (Lipinski definition) is 4. The Kier molecular flexibility index (Phi) is 6.23. The highest BCUT2D eigenvalue weighted by Gasteiger charge is 2.47. The van der Waals surface area contributed by atoms with Crippen molar-refractivity contribution in [2.24, 2.45) is 0 Å². The number of amides is 3. The van der Waals surface area contributed by atoms with Crippen LogP contribution in [0.1, 0.15) is 55.3 Å². The van der Waals surface area contributed by atoms with Crippen molar-refractivity contribution in [3.05, 3.63) is 29.8 Å². The number of likely N-dealkylation sites (tertiary alicyclic amines) is 1. The molecule has 4 rings (SSSR count). The highest BCUT2D eigenvalue weighted by molar-refractivity contribution is 8.00. The van der Waals surface area contributed by atoms with Crippen LogP contribution in [0.25, 0.3) is 0 Å². The third-order valence-electron chi connectivity index (χ3n) is 6.50. The molecule has 2 saturated heterocycles. The van der Waals surface area contributed by atoms with Gasteiger partial charge in [-0.25, -0.2) is 4.79 Å². The van der Waals surface area contributed by atoms with Gasteiger partial charge in [0.2, 0.25) is 0 Å². The zero-order valence-corrected chi connectivity index (χ0v) is 18.0. The zero-order chi connectivity index (χ0) is 20.3. The number of rotatable bonds is 3. The summed E-state index contributed by atoms with van der Waals surface area (Å²) in [5, 5.41) is 3.23. The predicted octanol–water partition coefficient (Wildman–Crippen LogP) is 3.72. The number of thioether (sulfide) groups is 1. The van der Waals surface area contributed by atoms with Crippen LogP contribution in [-0.4, -0.2) is 65.1 Å². The van der Waals surface area contributed by atoms with Crippen molar-refractivity contribution in [3.63, 3.8) is 0 Å². The number of carbonyl (C=O) groups is 2. The number of piperidine rings is 1. The Morgan fingerprint density at radius 3 is 2.62 bits per heavy atom. The first-order valence-corrected chi connectivity index (χ1v) is 11.8. The molecule has 1 spiro atoms. The number of urea groups is 1. The highest BCUT2D eigenvalue weighted by Crippen LogP contribution is 2.44. The van der Waals surface area contributed by atoms with Gasteiger partial charge in [0.05, 0.1) is 12.0 Å². The molecule has 3 fully saturated rings. The van der Waals surface area contributed by atoms with Crippen LogP contribution < -0.4 is 10.1 Å². The van der Waals surface area contributed by atoms with Gasteiger partial charge in [-0.2, -0.15) is 0 Å². The summed E-state index contributed by atoms with van der Waals surface area (Å²) in [6.45, 7) is 2.16. The third-order valence-corrected chi connectivity index (χ3v) is 8.06. The van der Waals surface area contributed by atoms with Crippen LogP contribution in [-0.2, 0) is 0 Å². The maximum atomic E-state index is 13.2. The molecule has 0 bridgehead atoms. The van der Waals surface area contributed by atoms with Crippen molar-refractivity contribution in [2.75, 3.05) is 32.5 Å². The van der Waals surface area contributed by atoms with Crippen molar-refractivity contribution in [3.8, 4) is 5.75 Å². The third kappa shape index (κ3) is 4.34. The second kappa shape index (κ2) is 8.86. The molecule has 1 aromatic rings. The molecule has 0 radical (unpaired) electrons. The summed E-state index contributed by atoms with van der Waals surface area (Å²) < 4.78 is 5.28. The second-order valence-electron chi connectivity index (χ2n) is 8.25.